The molecule has 0 aliphatic heterocycles. The van der Waals surface area contributed by atoms with Gasteiger partial charge in [0.05, 0.1) is 5.75 Å². The molecule has 0 fully saturated rings. The zero-order chi connectivity index (χ0) is 13.7. The first-order chi connectivity index (χ1) is 7.54. The summed E-state index contributed by atoms with van der Waals surface area (Å²) in [5.41, 5.74) is 0. The quantitative estimate of drug-likeness (QED) is 0.677. The summed E-state index contributed by atoms with van der Waals surface area (Å²) in [5, 5.41) is -0.164. The fourth-order valence-electron chi connectivity index (χ4n) is 1.11. The molecule has 0 saturated carbocycles. The van der Waals surface area contributed by atoms with Crippen LogP contribution in [0.2, 0.25) is 0 Å². The average molecular weight is 296 g/mol. The van der Waals surface area contributed by atoms with E-state index in [4.69, 9.17) is 11.6 Å². The van der Waals surface area contributed by atoms with Gasteiger partial charge in [0, 0.05) is 25.4 Å². The minimum atomic E-state index is -4.31. The molecule has 0 N–H and O–H groups in total. The Morgan fingerprint density at radius 2 is 1.88 bits per heavy atom. The highest BCUT2D eigenvalue weighted by atomic mass is 35.5. The van der Waals surface area contributed by atoms with Gasteiger partial charge in [-0.1, -0.05) is 0 Å². The second kappa shape index (κ2) is 6.80. The summed E-state index contributed by atoms with van der Waals surface area (Å²) in [6.07, 6.45) is -5.33. The van der Waals surface area contributed by atoms with Crippen molar-refractivity contribution in [1.29, 1.82) is 0 Å². The third-order valence-electron chi connectivity index (χ3n) is 2.18. The maximum Gasteiger partial charge on any atom is 0.389 e. The van der Waals surface area contributed by atoms with Gasteiger partial charge in [-0.3, -0.25) is 0 Å². The van der Waals surface area contributed by atoms with Gasteiger partial charge in [-0.15, -0.1) is 11.6 Å². The molecule has 0 aromatic carbocycles. The molecule has 0 aromatic heterocycles. The summed E-state index contributed by atoms with van der Waals surface area (Å²) in [7, 11) is -2.25. The van der Waals surface area contributed by atoms with E-state index in [0.717, 1.165) is 4.31 Å². The van der Waals surface area contributed by atoms with E-state index >= 15 is 0 Å². The molecule has 8 heteroatoms. The van der Waals surface area contributed by atoms with E-state index < -0.39 is 34.8 Å². The Kier molecular flexibility index (Phi) is 6.79. The molecule has 0 amide bonds. The summed E-state index contributed by atoms with van der Waals surface area (Å²) in [4.78, 5) is 0. The molecule has 0 aliphatic carbocycles. The Bertz CT molecular complexity index is 317. The Balaban J connectivity index is 4.10. The molecular weight excluding hydrogens is 279 g/mol. The van der Waals surface area contributed by atoms with Crippen LogP contribution in [0.4, 0.5) is 13.2 Å². The van der Waals surface area contributed by atoms with Gasteiger partial charge in [-0.05, 0) is 19.8 Å². The number of nitrogens with zero attached hydrogens (tertiary/aromatic N) is 1. The molecule has 0 aliphatic rings. The normalized spacial score (nSPS) is 15.2. The number of hydrogen-bond acceptors (Lipinski definition) is 2. The molecule has 104 valence electrons. The topological polar surface area (TPSA) is 37.4 Å². The van der Waals surface area contributed by atoms with E-state index in [-0.39, 0.29) is 11.9 Å². The van der Waals surface area contributed by atoms with Gasteiger partial charge in [-0.2, -0.15) is 13.2 Å². The van der Waals surface area contributed by atoms with Crippen LogP contribution in [-0.4, -0.2) is 43.6 Å². The van der Waals surface area contributed by atoms with Crippen LogP contribution in [0.15, 0.2) is 0 Å². The molecule has 17 heavy (non-hydrogen) atoms. The predicted octanol–water partition coefficient (Wildman–Crippen LogP) is 2.61. The smallest absolute Gasteiger partial charge is 0.212 e. The van der Waals surface area contributed by atoms with E-state index in [1.165, 1.54) is 7.05 Å². The van der Waals surface area contributed by atoms with Crippen molar-refractivity contribution < 1.29 is 21.6 Å². The first-order valence-corrected chi connectivity index (χ1v) is 7.24. The molecule has 0 saturated heterocycles. The molecular formula is C9H17ClF3NO2S. The zero-order valence-electron chi connectivity index (χ0n) is 9.80. The van der Waals surface area contributed by atoms with Crippen molar-refractivity contribution in [3.8, 4) is 0 Å². The van der Waals surface area contributed by atoms with Crippen LogP contribution < -0.4 is 0 Å². The molecule has 0 aromatic rings. The molecule has 1 atom stereocenters. The first-order valence-electron chi connectivity index (χ1n) is 5.19. The number of rotatable bonds is 7. The lowest BCUT2D eigenvalue weighted by Crippen LogP contribution is -2.31. The van der Waals surface area contributed by atoms with Gasteiger partial charge in [0.2, 0.25) is 10.0 Å². The average Bonchev–Trinajstić information content (AvgIpc) is 2.11. The molecule has 0 bridgehead atoms. The van der Waals surface area contributed by atoms with Crippen LogP contribution in [0.25, 0.3) is 0 Å². The number of hydrogen-bond donors (Lipinski definition) is 0. The van der Waals surface area contributed by atoms with Gasteiger partial charge in [0.15, 0.2) is 0 Å². The van der Waals surface area contributed by atoms with Crippen LogP contribution in [0.1, 0.15) is 26.2 Å². The number of halogens is 4. The highest BCUT2D eigenvalue weighted by molar-refractivity contribution is 7.89. The van der Waals surface area contributed by atoms with Crippen molar-refractivity contribution in [2.24, 2.45) is 0 Å². The monoisotopic (exact) mass is 295 g/mol. The molecule has 0 spiro atoms. The van der Waals surface area contributed by atoms with Crippen LogP contribution in [0.3, 0.4) is 0 Å². The SMILES string of the molecule is CC(Cl)CCN(C)S(=O)(=O)CCCC(F)(F)F. The van der Waals surface area contributed by atoms with Gasteiger partial charge in [0.1, 0.15) is 0 Å². The van der Waals surface area contributed by atoms with E-state index in [1.807, 2.05) is 0 Å². The highest BCUT2D eigenvalue weighted by Crippen LogP contribution is 2.22. The lowest BCUT2D eigenvalue weighted by molar-refractivity contribution is -0.134. The van der Waals surface area contributed by atoms with Crippen molar-refractivity contribution in [3.63, 3.8) is 0 Å². The van der Waals surface area contributed by atoms with E-state index in [9.17, 15) is 21.6 Å². The van der Waals surface area contributed by atoms with E-state index in [0.29, 0.717) is 6.42 Å². The van der Waals surface area contributed by atoms with Crippen molar-refractivity contribution in [2.75, 3.05) is 19.3 Å². The highest BCUT2D eigenvalue weighted by Gasteiger charge is 2.28. The second-order valence-corrected chi connectivity index (χ2v) is 6.87. The van der Waals surface area contributed by atoms with Crippen LogP contribution in [0.5, 0.6) is 0 Å². The van der Waals surface area contributed by atoms with Crippen LogP contribution >= 0.6 is 11.6 Å². The van der Waals surface area contributed by atoms with Crippen molar-refractivity contribution in [2.45, 2.75) is 37.7 Å². The maximum absolute atomic E-state index is 11.9. The maximum atomic E-state index is 11.9. The number of alkyl halides is 4. The van der Waals surface area contributed by atoms with Gasteiger partial charge < -0.3 is 0 Å². The lowest BCUT2D eigenvalue weighted by atomic mass is 10.3. The summed E-state index contributed by atoms with van der Waals surface area (Å²) in [6.45, 7) is 1.95. The Labute approximate surface area is 105 Å². The Morgan fingerprint density at radius 3 is 2.29 bits per heavy atom. The first kappa shape index (κ1) is 17.0. The van der Waals surface area contributed by atoms with Crippen molar-refractivity contribution in [1.82, 2.24) is 4.31 Å². The third-order valence-corrected chi connectivity index (χ3v) is 4.33. The predicted molar refractivity (Wildman–Crippen MR) is 61.6 cm³/mol. The lowest BCUT2D eigenvalue weighted by Gasteiger charge is -2.17. The minimum absolute atomic E-state index is 0.164. The zero-order valence-corrected chi connectivity index (χ0v) is 11.4. The second-order valence-electron chi connectivity index (χ2n) is 3.93. The number of sulfonamides is 1. The van der Waals surface area contributed by atoms with Crippen molar-refractivity contribution >= 4 is 21.6 Å². The summed E-state index contributed by atoms with van der Waals surface area (Å²) in [6, 6.07) is 0. The van der Waals surface area contributed by atoms with Crippen molar-refractivity contribution in [3.05, 3.63) is 0 Å². The van der Waals surface area contributed by atoms with E-state index in [2.05, 4.69) is 0 Å². The van der Waals surface area contributed by atoms with E-state index in [1.54, 1.807) is 6.92 Å². The summed E-state index contributed by atoms with van der Waals surface area (Å²) in [5.74, 6) is -0.486. The standard InChI is InChI=1S/C9H17ClF3NO2S/c1-8(10)4-6-14(2)17(15,16)7-3-5-9(11,12)13/h8H,3-7H2,1-2H3. The molecule has 3 nitrogen and oxygen atoms in total. The minimum Gasteiger partial charge on any atom is -0.212 e. The Hall–Kier alpha value is -0.0100. The molecule has 0 radical (unpaired) electrons. The molecule has 1 unspecified atom stereocenters. The summed E-state index contributed by atoms with van der Waals surface area (Å²) >= 11 is 5.67. The van der Waals surface area contributed by atoms with Gasteiger partial charge >= 0.3 is 6.18 Å². The van der Waals surface area contributed by atoms with Gasteiger partial charge in [0.25, 0.3) is 0 Å². The summed E-state index contributed by atoms with van der Waals surface area (Å²) < 4.78 is 59.7. The van der Waals surface area contributed by atoms with Crippen LogP contribution in [0, 0.1) is 0 Å². The third kappa shape index (κ3) is 8.68. The molecule has 0 rings (SSSR count). The van der Waals surface area contributed by atoms with Crippen LogP contribution in [-0.2, 0) is 10.0 Å². The fourth-order valence-corrected chi connectivity index (χ4v) is 2.41. The largest absolute Gasteiger partial charge is 0.389 e. The molecule has 0 heterocycles. The fraction of sp³-hybridized carbons (Fsp3) is 1.00. The van der Waals surface area contributed by atoms with Gasteiger partial charge in [-0.25, -0.2) is 12.7 Å². The Morgan fingerprint density at radius 1 is 1.35 bits per heavy atom.